The Labute approximate surface area is 163 Å². The zero-order valence-electron chi connectivity index (χ0n) is 16.1. The molecule has 28 heavy (non-hydrogen) atoms. The van der Waals surface area contributed by atoms with Gasteiger partial charge in [-0.1, -0.05) is 32.3 Å². The highest BCUT2D eigenvalue weighted by Crippen LogP contribution is 2.35. The molecule has 2 rings (SSSR count). The third-order valence-electron chi connectivity index (χ3n) is 4.26. The van der Waals surface area contributed by atoms with Crippen molar-refractivity contribution in [3.8, 4) is 17.2 Å². The second kappa shape index (κ2) is 11.4. The first-order valence-corrected chi connectivity index (χ1v) is 9.60. The number of rotatable bonds is 12. The summed E-state index contributed by atoms with van der Waals surface area (Å²) < 4.78 is 16.1. The standard InChI is InChI=1S/C21H28O7/c1-2-3-4-5-6-7-12-27-20-18(24)16-9-8-10-17(19(16)28-21(20)25)26-13-11-15(23)14-22/h7-10,12,15,22-24H,2-6,11,13-14H2,1H3/b12-7+. The van der Waals surface area contributed by atoms with Gasteiger partial charge in [0, 0.05) is 6.42 Å². The van der Waals surface area contributed by atoms with Gasteiger partial charge >= 0.3 is 5.63 Å². The van der Waals surface area contributed by atoms with Gasteiger partial charge in [0.25, 0.3) is 5.75 Å². The summed E-state index contributed by atoms with van der Waals surface area (Å²) in [6.07, 6.45) is 7.90. The molecule has 154 valence electrons. The lowest BCUT2D eigenvalue weighted by atomic mass is 10.1. The zero-order chi connectivity index (χ0) is 20.4. The van der Waals surface area contributed by atoms with Crippen molar-refractivity contribution in [2.75, 3.05) is 13.2 Å². The van der Waals surface area contributed by atoms with Crippen LogP contribution in [-0.2, 0) is 0 Å². The quantitative estimate of drug-likeness (QED) is 0.288. The molecule has 0 bridgehead atoms. The molecule has 3 N–H and O–H groups in total. The topological polar surface area (TPSA) is 109 Å². The summed E-state index contributed by atoms with van der Waals surface area (Å²) in [5.41, 5.74) is -0.716. The lowest BCUT2D eigenvalue weighted by Gasteiger charge is -2.11. The van der Waals surface area contributed by atoms with Crippen LogP contribution >= 0.6 is 0 Å². The second-order valence-electron chi connectivity index (χ2n) is 6.51. The van der Waals surface area contributed by atoms with Crippen LogP contribution in [0.5, 0.6) is 17.2 Å². The molecule has 0 radical (unpaired) electrons. The molecule has 7 heteroatoms. The van der Waals surface area contributed by atoms with Gasteiger partial charge in [-0.25, -0.2) is 4.79 Å². The molecule has 0 fully saturated rings. The third-order valence-corrected chi connectivity index (χ3v) is 4.26. The maximum Gasteiger partial charge on any atom is 0.383 e. The van der Waals surface area contributed by atoms with Crippen molar-refractivity contribution < 1.29 is 29.2 Å². The summed E-state index contributed by atoms with van der Waals surface area (Å²) >= 11 is 0. The minimum atomic E-state index is -0.885. The van der Waals surface area contributed by atoms with Crippen molar-refractivity contribution in [3.63, 3.8) is 0 Å². The Balaban J connectivity index is 2.11. The van der Waals surface area contributed by atoms with Gasteiger partial charge in [-0.3, -0.25) is 0 Å². The van der Waals surface area contributed by atoms with Crippen molar-refractivity contribution in [1.82, 2.24) is 0 Å². The van der Waals surface area contributed by atoms with Gasteiger partial charge in [-0.2, -0.15) is 0 Å². The molecule has 7 nitrogen and oxygen atoms in total. The molecule has 1 aromatic heterocycles. The maximum atomic E-state index is 12.2. The average molecular weight is 392 g/mol. The predicted molar refractivity (Wildman–Crippen MR) is 106 cm³/mol. The SMILES string of the molecule is CCCCCC/C=C/Oc1c(O)c2cccc(OCCC(O)CO)c2oc1=O. The smallest absolute Gasteiger partial charge is 0.383 e. The first-order chi connectivity index (χ1) is 13.6. The summed E-state index contributed by atoms with van der Waals surface area (Å²) in [6.45, 7) is 1.90. The molecule has 1 heterocycles. The fourth-order valence-electron chi connectivity index (χ4n) is 2.65. The van der Waals surface area contributed by atoms with Crippen LogP contribution in [0.15, 0.2) is 39.7 Å². The number of hydrogen-bond acceptors (Lipinski definition) is 7. The summed E-state index contributed by atoms with van der Waals surface area (Å²) in [7, 11) is 0. The fourth-order valence-corrected chi connectivity index (χ4v) is 2.65. The van der Waals surface area contributed by atoms with Crippen molar-refractivity contribution >= 4 is 11.0 Å². The van der Waals surface area contributed by atoms with E-state index in [2.05, 4.69) is 6.92 Å². The predicted octanol–water partition coefficient (Wildman–Crippen LogP) is 3.48. The molecule has 0 saturated carbocycles. The van der Waals surface area contributed by atoms with E-state index in [-0.39, 0.29) is 47.9 Å². The minimum absolute atomic E-state index is 0.0967. The highest BCUT2D eigenvalue weighted by molar-refractivity contribution is 5.89. The second-order valence-corrected chi connectivity index (χ2v) is 6.51. The number of para-hydroxylation sites is 1. The first kappa shape index (κ1) is 21.8. The number of ether oxygens (including phenoxy) is 2. The number of aromatic hydroxyl groups is 1. The lowest BCUT2D eigenvalue weighted by Crippen LogP contribution is -2.16. The number of aliphatic hydroxyl groups is 2. The first-order valence-electron chi connectivity index (χ1n) is 9.60. The number of benzene rings is 1. The van der Waals surface area contributed by atoms with Crippen LogP contribution in [0, 0.1) is 0 Å². The van der Waals surface area contributed by atoms with Crippen LogP contribution in [-0.4, -0.2) is 34.6 Å². The van der Waals surface area contributed by atoms with Crippen molar-refractivity contribution in [1.29, 1.82) is 0 Å². The fraction of sp³-hybridized carbons (Fsp3) is 0.476. The summed E-state index contributed by atoms with van der Waals surface area (Å²) in [5, 5.41) is 28.9. The Hall–Kier alpha value is -2.51. The third kappa shape index (κ3) is 6.00. The van der Waals surface area contributed by atoms with Crippen molar-refractivity contribution in [2.24, 2.45) is 0 Å². The van der Waals surface area contributed by atoms with Crippen LogP contribution in [0.4, 0.5) is 0 Å². The number of unbranched alkanes of at least 4 members (excludes halogenated alkanes) is 4. The van der Waals surface area contributed by atoms with Gasteiger partial charge in [-0.05, 0) is 31.1 Å². The molecule has 1 aromatic carbocycles. The van der Waals surface area contributed by atoms with Gasteiger partial charge in [0.1, 0.15) is 0 Å². The summed E-state index contributed by atoms with van der Waals surface area (Å²) in [6, 6.07) is 4.82. The summed E-state index contributed by atoms with van der Waals surface area (Å²) in [4.78, 5) is 12.2. The van der Waals surface area contributed by atoms with E-state index in [4.69, 9.17) is 19.0 Å². The van der Waals surface area contributed by atoms with Gasteiger partial charge in [0.05, 0.1) is 31.0 Å². The monoisotopic (exact) mass is 392 g/mol. The summed E-state index contributed by atoms with van der Waals surface area (Å²) in [5.74, 6) is -0.332. The lowest BCUT2D eigenvalue weighted by molar-refractivity contribution is 0.0754. The van der Waals surface area contributed by atoms with Crippen LogP contribution < -0.4 is 15.1 Å². The molecule has 0 aliphatic heterocycles. The number of hydrogen-bond donors (Lipinski definition) is 3. The zero-order valence-corrected chi connectivity index (χ0v) is 16.1. The number of fused-ring (bicyclic) bond motifs is 1. The van der Waals surface area contributed by atoms with Crippen LogP contribution in [0.3, 0.4) is 0 Å². The Bertz CT molecular complexity index is 825. The van der Waals surface area contributed by atoms with E-state index < -0.39 is 11.7 Å². The van der Waals surface area contributed by atoms with E-state index in [1.807, 2.05) is 6.08 Å². The van der Waals surface area contributed by atoms with E-state index in [1.54, 1.807) is 18.2 Å². The van der Waals surface area contributed by atoms with E-state index in [9.17, 15) is 15.0 Å². The molecule has 1 atom stereocenters. The highest BCUT2D eigenvalue weighted by Gasteiger charge is 2.18. The van der Waals surface area contributed by atoms with E-state index in [0.717, 1.165) is 19.3 Å². The Morgan fingerprint density at radius 1 is 1.25 bits per heavy atom. The molecule has 0 spiro atoms. The molecule has 0 aliphatic carbocycles. The number of aliphatic hydroxyl groups excluding tert-OH is 2. The Morgan fingerprint density at radius 3 is 2.82 bits per heavy atom. The van der Waals surface area contributed by atoms with E-state index >= 15 is 0 Å². The van der Waals surface area contributed by atoms with Gasteiger partial charge in [-0.15, -0.1) is 0 Å². The van der Waals surface area contributed by atoms with Crippen molar-refractivity contribution in [2.45, 2.75) is 51.6 Å². The van der Waals surface area contributed by atoms with Gasteiger partial charge in [0.2, 0.25) is 0 Å². The van der Waals surface area contributed by atoms with Gasteiger partial charge < -0.3 is 29.2 Å². The average Bonchev–Trinajstić information content (AvgIpc) is 2.69. The molecular formula is C21H28O7. The van der Waals surface area contributed by atoms with E-state index in [0.29, 0.717) is 0 Å². The molecule has 0 saturated heterocycles. The number of allylic oxidation sites excluding steroid dienone is 1. The van der Waals surface area contributed by atoms with Crippen LogP contribution in [0.1, 0.15) is 45.4 Å². The van der Waals surface area contributed by atoms with Gasteiger partial charge in [0.15, 0.2) is 17.1 Å². The highest BCUT2D eigenvalue weighted by atomic mass is 16.5. The molecule has 0 aliphatic rings. The molecule has 0 amide bonds. The van der Waals surface area contributed by atoms with Crippen LogP contribution in [0.2, 0.25) is 0 Å². The normalized spacial score (nSPS) is 12.5. The minimum Gasteiger partial charge on any atom is -0.504 e. The largest absolute Gasteiger partial charge is 0.504 e. The van der Waals surface area contributed by atoms with Crippen molar-refractivity contribution in [3.05, 3.63) is 41.0 Å². The molecule has 1 unspecified atom stereocenters. The Kier molecular flexibility index (Phi) is 8.84. The van der Waals surface area contributed by atoms with E-state index in [1.165, 1.54) is 19.1 Å². The van der Waals surface area contributed by atoms with Crippen LogP contribution in [0.25, 0.3) is 11.0 Å². The molecular weight excluding hydrogens is 364 g/mol. The maximum absolute atomic E-state index is 12.2. The molecule has 2 aromatic rings. The Morgan fingerprint density at radius 2 is 2.07 bits per heavy atom.